The minimum Gasteiger partial charge on any atom is -0.0622 e. The number of benzene rings is 10. The van der Waals surface area contributed by atoms with Gasteiger partial charge in [-0.25, -0.2) is 0 Å². The molecule has 51 heavy (non-hydrogen) atoms. The quantitative estimate of drug-likeness (QED) is 0.165. The highest BCUT2D eigenvalue weighted by molar-refractivity contribution is 6.25. The van der Waals surface area contributed by atoms with E-state index in [1.54, 1.807) is 0 Å². The predicted molar refractivity (Wildman–Crippen MR) is 215 cm³/mol. The summed E-state index contributed by atoms with van der Waals surface area (Å²) in [7, 11) is 0. The van der Waals surface area contributed by atoms with Gasteiger partial charge < -0.3 is 0 Å². The summed E-state index contributed by atoms with van der Waals surface area (Å²) in [5.41, 5.74) is 15.5. The molecule has 0 bridgehead atoms. The Hall–Kier alpha value is -6.50. The third-order valence-corrected chi connectivity index (χ3v) is 12.0. The standard InChI is InChI=1S/C51H30/c1-2-11-31(12-3-1)42-29-36-24-23-35(37-27-25-34-22-21-32-13-10-14-33-26-28-40(37)48(34)47(32)33)30-43(36)50-49(42)41-17-6-9-20-46(41)51(50)44-18-7-4-15-38(44)39-16-5-8-19-45(39)51/h1-30H. The first-order valence-electron chi connectivity index (χ1n) is 17.9. The zero-order valence-corrected chi connectivity index (χ0v) is 27.8. The van der Waals surface area contributed by atoms with Crippen molar-refractivity contribution in [1.82, 2.24) is 0 Å². The number of fused-ring (bicyclic) bond motifs is 12. The molecule has 0 saturated carbocycles. The Morgan fingerprint density at radius 1 is 0.294 bits per heavy atom. The Labute approximate surface area is 296 Å². The van der Waals surface area contributed by atoms with Gasteiger partial charge in [-0.15, -0.1) is 0 Å². The molecular formula is C51H30. The second kappa shape index (κ2) is 9.81. The molecular weight excluding hydrogens is 613 g/mol. The molecule has 234 valence electrons. The molecule has 0 unspecified atom stereocenters. The van der Waals surface area contributed by atoms with Gasteiger partial charge in [-0.1, -0.05) is 170 Å². The first-order valence-corrected chi connectivity index (χ1v) is 17.9. The van der Waals surface area contributed by atoms with Gasteiger partial charge in [-0.05, 0) is 122 Å². The maximum absolute atomic E-state index is 2.51. The highest BCUT2D eigenvalue weighted by atomic mass is 14.5. The van der Waals surface area contributed by atoms with E-state index in [2.05, 4.69) is 182 Å². The van der Waals surface area contributed by atoms with E-state index in [-0.39, 0.29) is 0 Å². The van der Waals surface area contributed by atoms with Crippen molar-refractivity contribution in [3.05, 3.63) is 204 Å². The molecule has 0 aliphatic heterocycles. The van der Waals surface area contributed by atoms with Crippen LogP contribution in [-0.2, 0) is 5.41 Å². The third-order valence-electron chi connectivity index (χ3n) is 12.0. The van der Waals surface area contributed by atoms with Gasteiger partial charge in [0.1, 0.15) is 0 Å². The lowest BCUT2D eigenvalue weighted by molar-refractivity contribution is 0.801. The SMILES string of the molecule is c1ccc(-c2cc3ccc(-c4ccc5ccc6cccc7ccc4c5c67)cc3c3c2-c2ccccc2C32c3ccccc3-c3ccccc32)cc1. The first-order chi connectivity index (χ1) is 25.3. The fourth-order valence-electron chi connectivity index (χ4n) is 10.0. The van der Waals surface area contributed by atoms with Crippen molar-refractivity contribution >= 4 is 43.1 Å². The summed E-state index contributed by atoms with van der Waals surface area (Å²) < 4.78 is 0. The molecule has 0 saturated heterocycles. The fourth-order valence-corrected chi connectivity index (χ4v) is 10.0. The summed E-state index contributed by atoms with van der Waals surface area (Å²) in [5.74, 6) is 0. The van der Waals surface area contributed by atoms with Crippen LogP contribution < -0.4 is 0 Å². The van der Waals surface area contributed by atoms with Crippen molar-refractivity contribution in [2.45, 2.75) is 5.41 Å². The van der Waals surface area contributed by atoms with Gasteiger partial charge in [0.2, 0.25) is 0 Å². The summed E-state index contributed by atoms with van der Waals surface area (Å²) in [6, 6.07) is 68.6. The summed E-state index contributed by atoms with van der Waals surface area (Å²) >= 11 is 0. The summed E-state index contributed by atoms with van der Waals surface area (Å²) in [4.78, 5) is 0. The van der Waals surface area contributed by atoms with Crippen LogP contribution in [0, 0.1) is 0 Å². The van der Waals surface area contributed by atoms with E-state index in [0.717, 1.165) is 0 Å². The topological polar surface area (TPSA) is 0 Å². The second-order valence-electron chi connectivity index (χ2n) is 14.3. The smallest absolute Gasteiger partial charge is 0.0622 e. The van der Waals surface area contributed by atoms with Gasteiger partial charge in [-0.2, -0.15) is 0 Å². The Morgan fingerprint density at radius 3 is 1.59 bits per heavy atom. The van der Waals surface area contributed by atoms with E-state index < -0.39 is 5.41 Å². The molecule has 10 aromatic carbocycles. The van der Waals surface area contributed by atoms with Crippen molar-refractivity contribution in [3.63, 3.8) is 0 Å². The fraction of sp³-hybridized carbons (Fsp3) is 0.0196. The van der Waals surface area contributed by atoms with Crippen LogP contribution in [0.15, 0.2) is 182 Å². The van der Waals surface area contributed by atoms with Crippen molar-refractivity contribution in [3.8, 4) is 44.5 Å². The molecule has 10 aromatic rings. The molecule has 0 nitrogen and oxygen atoms in total. The maximum Gasteiger partial charge on any atom is 0.0731 e. The van der Waals surface area contributed by atoms with Gasteiger partial charge in [-0.3, -0.25) is 0 Å². The minimum atomic E-state index is -0.441. The Morgan fingerprint density at radius 2 is 0.863 bits per heavy atom. The van der Waals surface area contributed by atoms with Crippen LogP contribution in [0.25, 0.3) is 87.6 Å². The lowest BCUT2D eigenvalue weighted by atomic mass is 9.69. The molecule has 2 aliphatic carbocycles. The van der Waals surface area contributed by atoms with Crippen molar-refractivity contribution in [2.75, 3.05) is 0 Å². The highest BCUT2D eigenvalue weighted by Gasteiger charge is 2.53. The summed E-state index contributed by atoms with van der Waals surface area (Å²) in [6.45, 7) is 0. The molecule has 0 heterocycles. The average Bonchev–Trinajstić information content (AvgIpc) is 3.68. The van der Waals surface area contributed by atoms with E-state index in [4.69, 9.17) is 0 Å². The Balaban J connectivity index is 1.25. The van der Waals surface area contributed by atoms with Gasteiger partial charge >= 0.3 is 0 Å². The third kappa shape index (κ3) is 3.40. The van der Waals surface area contributed by atoms with Crippen molar-refractivity contribution in [1.29, 1.82) is 0 Å². The van der Waals surface area contributed by atoms with Crippen LogP contribution >= 0.6 is 0 Å². The van der Waals surface area contributed by atoms with Crippen LogP contribution in [-0.4, -0.2) is 0 Å². The maximum atomic E-state index is 2.51. The predicted octanol–water partition coefficient (Wildman–Crippen LogP) is 13.4. The van der Waals surface area contributed by atoms with Gasteiger partial charge in [0.05, 0.1) is 5.41 Å². The summed E-state index contributed by atoms with van der Waals surface area (Å²) in [5, 5.41) is 10.5. The van der Waals surface area contributed by atoms with Crippen LogP contribution in [0.3, 0.4) is 0 Å². The lowest BCUT2D eigenvalue weighted by Gasteiger charge is -2.32. The molecule has 2 aliphatic rings. The highest BCUT2D eigenvalue weighted by Crippen LogP contribution is 2.65. The number of hydrogen-bond acceptors (Lipinski definition) is 0. The van der Waals surface area contributed by atoms with E-state index >= 15 is 0 Å². The molecule has 0 radical (unpaired) electrons. The molecule has 12 rings (SSSR count). The molecule has 0 heteroatoms. The zero-order valence-electron chi connectivity index (χ0n) is 27.8. The van der Waals surface area contributed by atoms with Crippen LogP contribution in [0.2, 0.25) is 0 Å². The molecule has 1 spiro atoms. The monoisotopic (exact) mass is 642 g/mol. The van der Waals surface area contributed by atoms with Crippen LogP contribution in [0.5, 0.6) is 0 Å². The minimum absolute atomic E-state index is 0.441. The molecule has 0 amide bonds. The van der Waals surface area contributed by atoms with Gasteiger partial charge in [0.15, 0.2) is 0 Å². The molecule has 0 aromatic heterocycles. The van der Waals surface area contributed by atoms with E-state index in [9.17, 15) is 0 Å². The Kier molecular flexibility index (Phi) is 5.26. The number of rotatable bonds is 2. The zero-order chi connectivity index (χ0) is 33.3. The lowest BCUT2D eigenvalue weighted by Crippen LogP contribution is -2.26. The largest absolute Gasteiger partial charge is 0.0731 e. The average molecular weight is 643 g/mol. The van der Waals surface area contributed by atoms with E-state index in [1.807, 2.05) is 0 Å². The molecule has 0 fully saturated rings. The first kappa shape index (κ1) is 27.3. The second-order valence-corrected chi connectivity index (χ2v) is 14.3. The van der Waals surface area contributed by atoms with Gasteiger partial charge in [0.25, 0.3) is 0 Å². The normalized spacial score (nSPS) is 13.6. The Bertz CT molecular complexity index is 3010. The molecule has 0 N–H and O–H groups in total. The van der Waals surface area contributed by atoms with E-state index in [1.165, 1.54) is 110 Å². The van der Waals surface area contributed by atoms with Crippen LogP contribution in [0.1, 0.15) is 22.3 Å². The summed E-state index contributed by atoms with van der Waals surface area (Å²) in [6.07, 6.45) is 0. The van der Waals surface area contributed by atoms with E-state index in [0.29, 0.717) is 0 Å². The van der Waals surface area contributed by atoms with Crippen molar-refractivity contribution in [2.24, 2.45) is 0 Å². The number of hydrogen-bond donors (Lipinski definition) is 0. The van der Waals surface area contributed by atoms with Crippen molar-refractivity contribution < 1.29 is 0 Å². The van der Waals surface area contributed by atoms with Crippen LogP contribution in [0.4, 0.5) is 0 Å². The van der Waals surface area contributed by atoms with Gasteiger partial charge in [0, 0.05) is 0 Å². The molecule has 0 atom stereocenters.